The van der Waals surface area contributed by atoms with Gasteiger partial charge in [-0.15, -0.1) is 10.2 Å². The van der Waals surface area contributed by atoms with Crippen LogP contribution in [-0.2, 0) is 21.2 Å². The van der Waals surface area contributed by atoms with Crippen LogP contribution in [0.15, 0.2) is 29.4 Å². The van der Waals surface area contributed by atoms with Crippen molar-refractivity contribution >= 4 is 43.3 Å². The van der Waals surface area contributed by atoms with E-state index in [1.165, 1.54) is 18.5 Å². The second-order valence-electron chi connectivity index (χ2n) is 9.61. The third kappa shape index (κ3) is 4.98. The number of hydrogen-bond donors (Lipinski definition) is 1. The summed E-state index contributed by atoms with van der Waals surface area (Å²) in [5, 5.41) is 18.0. The lowest BCUT2D eigenvalue weighted by atomic mass is 10.1. The van der Waals surface area contributed by atoms with Crippen LogP contribution in [0.3, 0.4) is 0 Å². The van der Waals surface area contributed by atoms with E-state index in [2.05, 4.69) is 29.8 Å². The maximum atomic E-state index is 13.4. The van der Waals surface area contributed by atoms with E-state index >= 15 is 0 Å². The van der Waals surface area contributed by atoms with E-state index in [0.29, 0.717) is 65.7 Å². The average molecular weight is 575 g/mol. The van der Waals surface area contributed by atoms with E-state index < -0.39 is 27.0 Å². The van der Waals surface area contributed by atoms with Crippen LogP contribution < -0.4 is 4.72 Å². The van der Waals surface area contributed by atoms with Crippen molar-refractivity contribution in [1.82, 2.24) is 34.4 Å². The lowest BCUT2D eigenvalue weighted by Gasteiger charge is -2.26. The summed E-state index contributed by atoms with van der Waals surface area (Å²) < 4.78 is 62.5. The molecule has 0 bridgehead atoms. The fraction of sp³-hybridized carbons (Fsp3) is 0.458. The zero-order valence-corrected chi connectivity index (χ0v) is 22.3. The largest absolute Gasteiger partial charge is 0.379 e. The first-order chi connectivity index (χ1) is 18.8. The van der Waals surface area contributed by atoms with Crippen LogP contribution in [0.2, 0.25) is 0 Å². The van der Waals surface area contributed by atoms with E-state index in [1.807, 2.05) is 6.07 Å². The summed E-state index contributed by atoms with van der Waals surface area (Å²) in [5.41, 5.74) is 0.522. The van der Waals surface area contributed by atoms with Crippen molar-refractivity contribution in [1.29, 1.82) is 5.26 Å². The summed E-state index contributed by atoms with van der Waals surface area (Å²) in [6.07, 6.45) is 0.973. The number of nitrogens with one attached hydrogen (secondary N) is 1. The predicted octanol–water partition coefficient (Wildman–Crippen LogP) is 2.96. The summed E-state index contributed by atoms with van der Waals surface area (Å²) in [6.45, 7) is 4.05. The molecule has 1 saturated carbocycles. The molecule has 1 aliphatic heterocycles. The first kappa shape index (κ1) is 26.1. The van der Waals surface area contributed by atoms with Crippen molar-refractivity contribution in [2.75, 3.05) is 32.8 Å². The first-order valence-corrected chi connectivity index (χ1v) is 14.8. The number of rotatable bonds is 9. The second-order valence-corrected chi connectivity index (χ2v) is 12.3. The van der Waals surface area contributed by atoms with Crippen molar-refractivity contribution in [3.05, 3.63) is 35.2 Å². The van der Waals surface area contributed by atoms with Gasteiger partial charge in [0.15, 0.2) is 10.7 Å². The molecule has 1 saturated heterocycles. The predicted molar refractivity (Wildman–Crippen MR) is 138 cm³/mol. The molecule has 0 amide bonds. The number of hydrogen-bond acceptors (Lipinski definition) is 10. The Morgan fingerprint density at radius 2 is 2.00 bits per heavy atom. The van der Waals surface area contributed by atoms with Gasteiger partial charge in [-0.3, -0.25) is 9.47 Å². The third-order valence-corrected chi connectivity index (χ3v) is 9.45. The number of morpholine rings is 1. The Kier molecular flexibility index (Phi) is 6.76. The molecule has 11 nitrogen and oxygen atoms in total. The Morgan fingerprint density at radius 1 is 1.21 bits per heavy atom. The molecule has 3 aromatic heterocycles. The molecular weight excluding hydrogens is 550 g/mol. The van der Waals surface area contributed by atoms with Gasteiger partial charge in [-0.1, -0.05) is 17.4 Å². The van der Waals surface area contributed by atoms with Gasteiger partial charge in [0.05, 0.1) is 35.4 Å². The molecule has 39 heavy (non-hydrogen) atoms. The Hall–Kier alpha value is -3.16. The van der Waals surface area contributed by atoms with Crippen LogP contribution in [0.4, 0.5) is 8.78 Å². The van der Waals surface area contributed by atoms with Crippen LogP contribution in [-0.4, -0.2) is 76.4 Å². The molecule has 1 aromatic carbocycles. The SMILES string of the molecule is N#CC1(NS(=O)(=O)c2ccc3c4c(CCCN5CCOCC5)ncnc4n(-c4nnc(C(F)F)s4)c3c2)CC1. The number of nitrogens with zero attached hydrogens (tertiary/aromatic N) is 7. The number of aryl methyl sites for hydroxylation is 1. The second kappa shape index (κ2) is 10.1. The molecule has 204 valence electrons. The lowest BCUT2D eigenvalue weighted by molar-refractivity contribution is 0.0374. The first-order valence-electron chi connectivity index (χ1n) is 12.5. The van der Waals surface area contributed by atoms with E-state index in [0.717, 1.165) is 31.7 Å². The van der Waals surface area contributed by atoms with Gasteiger partial charge in [-0.25, -0.2) is 27.2 Å². The number of ether oxygens (including phenoxy) is 1. The minimum absolute atomic E-state index is 0.0546. The smallest absolute Gasteiger partial charge is 0.291 e. The summed E-state index contributed by atoms with van der Waals surface area (Å²) in [4.78, 5) is 11.3. The Labute approximate surface area is 226 Å². The Morgan fingerprint density at radius 3 is 2.69 bits per heavy atom. The van der Waals surface area contributed by atoms with Gasteiger partial charge in [-0.05, 0) is 44.4 Å². The zero-order valence-electron chi connectivity index (χ0n) is 20.7. The highest BCUT2D eigenvalue weighted by molar-refractivity contribution is 7.89. The monoisotopic (exact) mass is 574 g/mol. The van der Waals surface area contributed by atoms with Crippen molar-refractivity contribution < 1.29 is 21.9 Å². The molecule has 4 aromatic rings. The van der Waals surface area contributed by atoms with Crippen molar-refractivity contribution in [3.63, 3.8) is 0 Å². The molecule has 0 radical (unpaired) electrons. The summed E-state index contributed by atoms with van der Waals surface area (Å²) in [5.74, 6) is 0. The van der Waals surface area contributed by atoms with Gasteiger partial charge >= 0.3 is 0 Å². The minimum Gasteiger partial charge on any atom is -0.379 e. The van der Waals surface area contributed by atoms with Crippen molar-refractivity contribution in [2.24, 2.45) is 0 Å². The maximum absolute atomic E-state index is 13.4. The van der Waals surface area contributed by atoms with E-state index in [1.54, 1.807) is 10.6 Å². The standard InChI is InChI=1S/C24H24F2N8O3S2/c25-20(26)22-30-31-23(38-22)34-18-12-15(39(35,36)32-24(13-27)5-6-24)3-4-16(18)19-17(28-14-29-21(19)34)2-1-7-33-8-10-37-11-9-33/h3-4,12,14,20,32H,1-2,5-11H2. The molecule has 0 atom stereocenters. The number of aromatic nitrogens is 5. The molecule has 2 aliphatic rings. The zero-order chi connectivity index (χ0) is 27.2. The molecular formula is C24H24F2N8O3S2. The van der Waals surface area contributed by atoms with Gasteiger partial charge in [-0.2, -0.15) is 9.98 Å². The number of alkyl halides is 2. The van der Waals surface area contributed by atoms with Gasteiger partial charge in [0, 0.05) is 23.9 Å². The van der Waals surface area contributed by atoms with Gasteiger partial charge < -0.3 is 4.74 Å². The summed E-state index contributed by atoms with van der Waals surface area (Å²) in [7, 11) is -4.03. The molecule has 1 N–H and O–H groups in total. The Balaban J connectivity index is 1.45. The quantitative estimate of drug-likeness (QED) is 0.320. The number of fused-ring (bicyclic) bond motifs is 3. The van der Waals surface area contributed by atoms with Gasteiger partial charge in [0.25, 0.3) is 6.43 Å². The normalized spacial score (nSPS) is 17.7. The number of nitriles is 1. The number of halogens is 2. The fourth-order valence-electron chi connectivity index (χ4n) is 4.81. The van der Waals surface area contributed by atoms with Crippen LogP contribution in [0.1, 0.15) is 36.4 Å². The highest BCUT2D eigenvalue weighted by Gasteiger charge is 2.46. The molecule has 0 spiro atoms. The third-order valence-electron chi connectivity index (χ3n) is 7.00. The molecule has 6 rings (SSSR count). The summed E-state index contributed by atoms with van der Waals surface area (Å²) >= 11 is 0.712. The van der Waals surface area contributed by atoms with E-state index in [4.69, 9.17) is 4.74 Å². The van der Waals surface area contributed by atoms with Crippen molar-refractivity contribution in [3.8, 4) is 11.2 Å². The lowest BCUT2D eigenvalue weighted by Crippen LogP contribution is -2.36. The average Bonchev–Trinajstić information content (AvgIpc) is 3.37. The van der Waals surface area contributed by atoms with E-state index in [-0.39, 0.29) is 10.0 Å². The highest BCUT2D eigenvalue weighted by Crippen LogP contribution is 2.38. The van der Waals surface area contributed by atoms with Crippen LogP contribution >= 0.6 is 11.3 Å². The molecule has 4 heterocycles. The van der Waals surface area contributed by atoms with Crippen LogP contribution in [0.5, 0.6) is 0 Å². The molecule has 2 fully saturated rings. The topological polar surface area (TPSA) is 139 Å². The molecule has 0 unspecified atom stereocenters. The molecule has 1 aliphatic carbocycles. The number of benzene rings is 1. The Bertz CT molecular complexity index is 1690. The summed E-state index contributed by atoms with van der Waals surface area (Å²) in [6, 6.07) is 6.61. The van der Waals surface area contributed by atoms with Gasteiger partial charge in [0.1, 0.15) is 11.9 Å². The van der Waals surface area contributed by atoms with Gasteiger partial charge in [0.2, 0.25) is 15.2 Å². The van der Waals surface area contributed by atoms with E-state index in [9.17, 15) is 22.5 Å². The molecule has 15 heteroatoms. The minimum atomic E-state index is -4.03. The number of sulfonamides is 1. The fourth-order valence-corrected chi connectivity index (χ4v) is 6.92. The highest BCUT2D eigenvalue weighted by atomic mass is 32.2. The van der Waals surface area contributed by atoms with Crippen LogP contribution in [0, 0.1) is 11.3 Å². The maximum Gasteiger partial charge on any atom is 0.291 e. The van der Waals surface area contributed by atoms with Crippen LogP contribution in [0.25, 0.3) is 27.1 Å². The van der Waals surface area contributed by atoms with Crippen molar-refractivity contribution in [2.45, 2.75) is 42.5 Å².